The molecule has 1 amide bonds. The number of carbonyl (C=O) groups is 1. The van der Waals surface area contributed by atoms with Gasteiger partial charge < -0.3 is 10.6 Å². The number of amides is 1. The van der Waals surface area contributed by atoms with Gasteiger partial charge in [-0.15, -0.1) is 0 Å². The van der Waals surface area contributed by atoms with Crippen molar-refractivity contribution in [3.05, 3.63) is 42.1 Å². The minimum atomic E-state index is -0.170. The number of aromatic nitrogens is 2. The average Bonchev–Trinajstić information content (AvgIpc) is 2.61. The third-order valence-electron chi connectivity index (χ3n) is 3.99. The summed E-state index contributed by atoms with van der Waals surface area (Å²) in [5.74, 6) is 1.06. The predicted octanol–water partition coefficient (Wildman–Crippen LogP) is 3.88. The molecule has 1 heterocycles. The van der Waals surface area contributed by atoms with Crippen LogP contribution in [0.25, 0.3) is 11.4 Å². The number of hydrogen-bond donors (Lipinski definition) is 2. The van der Waals surface area contributed by atoms with Gasteiger partial charge in [0.05, 0.1) is 0 Å². The van der Waals surface area contributed by atoms with Crippen molar-refractivity contribution in [1.29, 1.82) is 0 Å². The van der Waals surface area contributed by atoms with Gasteiger partial charge in [0.1, 0.15) is 11.5 Å². The fraction of sp³-hybridized carbons (Fsp3) is 0.421. The second-order valence-electron chi connectivity index (χ2n) is 6.06. The van der Waals surface area contributed by atoms with Gasteiger partial charge in [0.15, 0.2) is 5.82 Å². The van der Waals surface area contributed by atoms with Crippen molar-refractivity contribution < 1.29 is 4.79 Å². The lowest BCUT2D eigenvalue weighted by molar-refractivity contribution is 0.0934. The Kier molecular flexibility index (Phi) is 6.29. The van der Waals surface area contributed by atoms with Gasteiger partial charge in [0.2, 0.25) is 0 Å². The Labute approximate surface area is 143 Å². The molecule has 0 fully saturated rings. The van der Waals surface area contributed by atoms with Gasteiger partial charge in [-0.3, -0.25) is 4.79 Å². The first-order valence-corrected chi connectivity index (χ1v) is 8.55. The van der Waals surface area contributed by atoms with Crippen LogP contribution in [0.5, 0.6) is 0 Å². The van der Waals surface area contributed by atoms with Crippen molar-refractivity contribution in [1.82, 2.24) is 15.3 Å². The molecular formula is C19H26N4O. The van der Waals surface area contributed by atoms with E-state index in [9.17, 15) is 4.79 Å². The first kappa shape index (κ1) is 17.9. The van der Waals surface area contributed by atoms with E-state index < -0.39 is 0 Å². The van der Waals surface area contributed by atoms with Crippen LogP contribution in [0.15, 0.2) is 36.4 Å². The van der Waals surface area contributed by atoms with Crippen LogP contribution < -0.4 is 10.6 Å². The Hall–Kier alpha value is -2.43. The van der Waals surface area contributed by atoms with Crippen molar-refractivity contribution in [2.24, 2.45) is 0 Å². The molecule has 0 aliphatic heterocycles. The fourth-order valence-corrected chi connectivity index (χ4v) is 2.11. The lowest BCUT2D eigenvalue weighted by Crippen LogP contribution is -2.32. The lowest BCUT2D eigenvalue weighted by Gasteiger charge is -2.15. The molecule has 1 aromatic carbocycles. The van der Waals surface area contributed by atoms with E-state index in [2.05, 4.69) is 34.4 Å². The maximum Gasteiger partial charge on any atom is 0.270 e. The topological polar surface area (TPSA) is 66.9 Å². The molecule has 2 N–H and O–H groups in total. The molecule has 0 spiro atoms. The molecule has 24 heavy (non-hydrogen) atoms. The molecule has 128 valence electrons. The molecule has 0 aliphatic carbocycles. The number of nitrogens with one attached hydrogen (secondary N) is 2. The first-order valence-electron chi connectivity index (χ1n) is 8.55. The number of nitrogens with zero attached hydrogens (tertiary/aromatic N) is 2. The zero-order valence-electron chi connectivity index (χ0n) is 14.8. The Balaban J connectivity index is 2.38. The summed E-state index contributed by atoms with van der Waals surface area (Å²) in [5, 5.41) is 6.30. The van der Waals surface area contributed by atoms with Crippen molar-refractivity contribution in [3.8, 4) is 11.4 Å². The average molecular weight is 326 g/mol. The van der Waals surface area contributed by atoms with E-state index in [1.54, 1.807) is 6.07 Å². The van der Waals surface area contributed by atoms with Crippen LogP contribution in [0.4, 0.5) is 5.82 Å². The molecule has 2 unspecified atom stereocenters. The number of anilines is 1. The molecule has 2 rings (SSSR count). The summed E-state index contributed by atoms with van der Waals surface area (Å²) in [7, 11) is 0. The van der Waals surface area contributed by atoms with Gasteiger partial charge in [-0.25, -0.2) is 9.97 Å². The van der Waals surface area contributed by atoms with E-state index in [1.165, 1.54) is 0 Å². The lowest BCUT2D eigenvalue weighted by atomic mass is 10.2. The largest absolute Gasteiger partial charge is 0.367 e. The molecule has 2 aromatic rings. The minimum absolute atomic E-state index is 0.110. The Bertz CT molecular complexity index is 672. The second-order valence-corrected chi connectivity index (χ2v) is 6.06. The number of benzene rings is 1. The summed E-state index contributed by atoms with van der Waals surface area (Å²) >= 11 is 0. The normalized spacial score (nSPS) is 13.2. The molecule has 0 saturated carbocycles. The van der Waals surface area contributed by atoms with Gasteiger partial charge in [-0.05, 0) is 26.7 Å². The fourth-order valence-electron chi connectivity index (χ4n) is 2.11. The SMILES string of the molecule is CCC(C)NC(=O)c1cc(NC(C)CC)nc(-c2ccccc2)n1. The second kappa shape index (κ2) is 8.43. The highest BCUT2D eigenvalue weighted by molar-refractivity contribution is 5.93. The van der Waals surface area contributed by atoms with Gasteiger partial charge in [-0.2, -0.15) is 0 Å². The third kappa shape index (κ3) is 4.78. The van der Waals surface area contributed by atoms with Crippen molar-refractivity contribution in [2.75, 3.05) is 5.32 Å². The summed E-state index contributed by atoms with van der Waals surface area (Å²) in [4.78, 5) is 21.5. The van der Waals surface area contributed by atoms with Crippen LogP contribution in [-0.4, -0.2) is 28.0 Å². The first-order chi connectivity index (χ1) is 11.5. The number of carbonyl (C=O) groups excluding carboxylic acids is 1. The summed E-state index contributed by atoms with van der Waals surface area (Å²) < 4.78 is 0. The highest BCUT2D eigenvalue weighted by atomic mass is 16.1. The van der Waals surface area contributed by atoms with E-state index in [4.69, 9.17) is 0 Å². The van der Waals surface area contributed by atoms with Gasteiger partial charge in [0, 0.05) is 23.7 Å². The van der Waals surface area contributed by atoms with E-state index in [1.807, 2.05) is 44.2 Å². The molecule has 0 bridgehead atoms. The van der Waals surface area contributed by atoms with Crippen molar-refractivity contribution in [3.63, 3.8) is 0 Å². The molecule has 5 nitrogen and oxygen atoms in total. The summed E-state index contributed by atoms with van der Waals surface area (Å²) in [6, 6.07) is 11.8. The van der Waals surface area contributed by atoms with Gasteiger partial charge >= 0.3 is 0 Å². The Morgan fingerprint density at radius 2 is 1.71 bits per heavy atom. The van der Waals surface area contributed by atoms with Crippen LogP contribution in [0, 0.1) is 0 Å². The highest BCUT2D eigenvalue weighted by Gasteiger charge is 2.15. The van der Waals surface area contributed by atoms with Gasteiger partial charge in [0.25, 0.3) is 5.91 Å². The molecule has 5 heteroatoms. The van der Waals surface area contributed by atoms with Crippen LogP contribution >= 0.6 is 0 Å². The molecular weight excluding hydrogens is 300 g/mol. The van der Waals surface area contributed by atoms with Gasteiger partial charge in [-0.1, -0.05) is 44.2 Å². The van der Waals surface area contributed by atoms with Crippen LogP contribution in [0.3, 0.4) is 0 Å². The smallest absolute Gasteiger partial charge is 0.270 e. The Morgan fingerprint density at radius 3 is 2.33 bits per heavy atom. The van der Waals surface area contributed by atoms with Crippen LogP contribution in [-0.2, 0) is 0 Å². The van der Waals surface area contributed by atoms with E-state index in [0.29, 0.717) is 17.3 Å². The van der Waals surface area contributed by atoms with E-state index >= 15 is 0 Å². The molecule has 2 atom stereocenters. The highest BCUT2D eigenvalue weighted by Crippen LogP contribution is 2.18. The van der Waals surface area contributed by atoms with Crippen molar-refractivity contribution >= 4 is 11.7 Å². The maximum atomic E-state index is 12.5. The molecule has 1 aromatic heterocycles. The van der Waals surface area contributed by atoms with Crippen molar-refractivity contribution in [2.45, 2.75) is 52.6 Å². The molecule has 0 aliphatic rings. The van der Waals surface area contributed by atoms with E-state index in [-0.39, 0.29) is 18.0 Å². The monoisotopic (exact) mass is 326 g/mol. The van der Waals surface area contributed by atoms with Crippen LogP contribution in [0.1, 0.15) is 51.0 Å². The summed E-state index contributed by atoms with van der Waals surface area (Å²) in [5.41, 5.74) is 1.28. The quantitative estimate of drug-likeness (QED) is 0.810. The number of rotatable bonds is 7. The van der Waals surface area contributed by atoms with E-state index in [0.717, 1.165) is 18.4 Å². The third-order valence-corrected chi connectivity index (χ3v) is 3.99. The summed E-state index contributed by atoms with van der Waals surface area (Å²) in [6.07, 6.45) is 1.85. The summed E-state index contributed by atoms with van der Waals surface area (Å²) in [6.45, 7) is 8.21. The Morgan fingerprint density at radius 1 is 1.04 bits per heavy atom. The number of hydrogen-bond acceptors (Lipinski definition) is 4. The predicted molar refractivity (Wildman–Crippen MR) is 98.1 cm³/mol. The van der Waals surface area contributed by atoms with Crippen LogP contribution in [0.2, 0.25) is 0 Å². The minimum Gasteiger partial charge on any atom is -0.367 e. The standard InChI is InChI=1S/C19H26N4O/c1-5-13(3)20-17-12-16(19(24)21-14(4)6-2)22-18(23-17)15-10-8-7-9-11-15/h7-14H,5-6H2,1-4H3,(H,21,24)(H,20,22,23). The zero-order valence-corrected chi connectivity index (χ0v) is 14.8. The zero-order chi connectivity index (χ0) is 17.5. The maximum absolute atomic E-state index is 12.5. The molecule has 0 saturated heterocycles. The molecule has 0 radical (unpaired) electrons.